The zero-order chi connectivity index (χ0) is 15.7. The third-order valence-electron chi connectivity index (χ3n) is 3.86. The number of carbonyl (C=O) groups is 2. The first-order valence-corrected chi connectivity index (χ1v) is 7.98. The molecule has 0 bridgehead atoms. The van der Waals surface area contributed by atoms with Gasteiger partial charge in [0.15, 0.2) is 11.9 Å². The van der Waals surface area contributed by atoms with Crippen molar-refractivity contribution in [3.8, 4) is 0 Å². The van der Waals surface area contributed by atoms with Crippen LogP contribution in [-0.2, 0) is 9.53 Å². The molecule has 112 valence electrons. The lowest BCUT2D eigenvalue weighted by Crippen LogP contribution is -2.27. The molecule has 1 aliphatic rings. The summed E-state index contributed by atoms with van der Waals surface area (Å²) >= 11 is 1.39. The number of Topliss-reactive ketones (excluding diaryl/α,β-unsaturated/α-hetero) is 2. The minimum atomic E-state index is -0.667. The van der Waals surface area contributed by atoms with Gasteiger partial charge >= 0.3 is 0 Å². The first-order chi connectivity index (χ1) is 10.6. The van der Waals surface area contributed by atoms with Gasteiger partial charge in [0.2, 0.25) is 5.78 Å². The van der Waals surface area contributed by atoms with Crippen molar-refractivity contribution < 1.29 is 14.3 Å². The number of thiophene rings is 1. The fourth-order valence-corrected chi connectivity index (χ4v) is 3.62. The van der Waals surface area contributed by atoms with Gasteiger partial charge in [-0.25, -0.2) is 0 Å². The number of hydrogen-bond acceptors (Lipinski definition) is 4. The molecule has 2 heterocycles. The van der Waals surface area contributed by atoms with Crippen LogP contribution in [0.2, 0.25) is 0 Å². The molecule has 0 radical (unpaired) electrons. The molecule has 1 aliphatic heterocycles. The highest BCUT2D eigenvalue weighted by Crippen LogP contribution is 2.41. The third kappa shape index (κ3) is 2.50. The molecule has 1 aromatic heterocycles. The highest BCUT2D eigenvalue weighted by molar-refractivity contribution is 7.12. The zero-order valence-corrected chi connectivity index (χ0v) is 13.2. The number of rotatable bonds is 4. The Hall–Kier alpha value is -2.20. The quantitative estimate of drug-likeness (QED) is 0.802. The van der Waals surface area contributed by atoms with Crippen molar-refractivity contribution in [2.75, 3.05) is 0 Å². The molecule has 0 saturated carbocycles. The minimum Gasteiger partial charge on any atom is -0.485 e. The molecular formula is C18H16O3S. The van der Waals surface area contributed by atoms with Crippen molar-refractivity contribution in [2.24, 2.45) is 0 Å². The summed E-state index contributed by atoms with van der Waals surface area (Å²) in [5, 5.41) is 1.87. The van der Waals surface area contributed by atoms with Gasteiger partial charge in [-0.2, -0.15) is 0 Å². The molecule has 3 rings (SSSR count). The van der Waals surface area contributed by atoms with Crippen LogP contribution < -0.4 is 0 Å². The number of ketones is 2. The Morgan fingerprint density at radius 3 is 2.41 bits per heavy atom. The van der Waals surface area contributed by atoms with Crippen LogP contribution in [0, 0.1) is 0 Å². The van der Waals surface area contributed by atoms with E-state index in [1.165, 1.54) is 18.3 Å². The van der Waals surface area contributed by atoms with Gasteiger partial charge < -0.3 is 4.74 Å². The van der Waals surface area contributed by atoms with E-state index in [2.05, 4.69) is 0 Å². The molecule has 0 N–H and O–H groups in total. The molecule has 4 heteroatoms. The highest BCUT2D eigenvalue weighted by atomic mass is 32.1. The Morgan fingerprint density at radius 2 is 1.82 bits per heavy atom. The molecule has 0 spiro atoms. The largest absolute Gasteiger partial charge is 0.485 e. The molecule has 0 fully saturated rings. The number of carbonyl (C=O) groups excluding carboxylic acids is 2. The van der Waals surface area contributed by atoms with E-state index in [1.54, 1.807) is 13.0 Å². The van der Waals surface area contributed by atoms with Crippen LogP contribution in [-0.4, -0.2) is 17.7 Å². The Balaban J connectivity index is 2.04. The summed E-state index contributed by atoms with van der Waals surface area (Å²) < 4.78 is 5.80. The lowest BCUT2D eigenvalue weighted by Gasteiger charge is -2.19. The van der Waals surface area contributed by atoms with Gasteiger partial charge in [0.1, 0.15) is 5.76 Å². The summed E-state index contributed by atoms with van der Waals surface area (Å²) in [6.45, 7) is 3.28. The number of benzene rings is 1. The number of ether oxygens (including phenoxy) is 1. The van der Waals surface area contributed by atoms with Crippen LogP contribution in [0.5, 0.6) is 0 Å². The fraction of sp³-hybridized carbons (Fsp3) is 0.222. The number of hydrogen-bond donors (Lipinski definition) is 0. The lowest BCUT2D eigenvalue weighted by atomic mass is 9.84. The van der Waals surface area contributed by atoms with Gasteiger partial charge in [0.25, 0.3) is 0 Å². The van der Waals surface area contributed by atoms with Gasteiger partial charge in [0.05, 0.1) is 10.8 Å². The van der Waals surface area contributed by atoms with Crippen molar-refractivity contribution in [3.63, 3.8) is 0 Å². The van der Waals surface area contributed by atoms with Crippen LogP contribution in [0.3, 0.4) is 0 Å². The van der Waals surface area contributed by atoms with Crippen LogP contribution in [0.1, 0.15) is 35.0 Å². The molecule has 2 aromatic rings. The smallest absolute Gasteiger partial charge is 0.214 e. The normalized spacial score (nSPS) is 20.8. The first-order valence-electron chi connectivity index (χ1n) is 7.10. The average Bonchev–Trinajstić information content (AvgIpc) is 3.14. The van der Waals surface area contributed by atoms with E-state index in [0.717, 1.165) is 5.56 Å². The third-order valence-corrected chi connectivity index (χ3v) is 4.74. The standard InChI is InChI=1S/C18H16O3S/c1-11(19)15-12(2)21-18(17(20)14-9-6-10-22-14)16(15)13-7-4-3-5-8-13/h3-10,16,18H,1-2H3/t16-,18+/m1/s1. The van der Waals surface area contributed by atoms with Crippen molar-refractivity contribution in [1.82, 2.24) is 0 Å². The molecule has 0 amide bonds. The molecule has 1 aromatic carbocycles. The van der Waals surface area contributed by atoms with Gasteiger partial charge in [-0.05, 0) is 30.9 Å². The van der Waals surface area contributed by atoms with E-state index in [9.17, 15) is 9.59 Å². The molecular weight excluding hydrogens is 296 g/mol. The van der Waals surface area contributed by atoms with E-state index in [0.29, 0.717) is 16.2 Å². The van der Waals surface area contributed by atoms with Crippen molar-refractivity contribution >= 4 is 22.9 Å². The summed E-state index contributed by atoms with van der Waals surface area (Å²) in [5.41, 5.74) is 1.53. The molecule has 22 heavy (non-hydrogen) atoms. The summed E-state index contributed by atoms with van der Waals surface area (Å²) in [5.74, 6) is 0.0943. The van der Waals surface area contributed by atoms with Crippen molar-refractivity contribution in [2.45, 2.75) is 25.9 Å². The maximum absolute atomic E-state index is 12.8. The van der Waals surface area contributed by atoms with E-state index in [-0.39, 0.29) is 17.5 Å². The predicted molar refractivity (Wildman–Crippen MR) is 86.1 cm³/mol. The second-order valence-corrected chi connectivity index (χ2v) is 6.24. The minimum absolute atomic E-state index is 0.0483. The summed E-state index contributed by atoms with van der Waals surface area (Å²) in [6, 6.07) is 13.2. The molecule has 0 saturated heterocycles. The maximum Gasteiger partial charge on any atom is 0.214 e. The zero-order valence-electron chi connectivity index (χ0n) is 12.4. The van der Waals surface area contributed by atoms with Gasteiger partial charge in [0, 0.05) is 5.57 Å². The van der Waals surface area contributed by atoms with Gasteiger partial charge in [-0.15, -0.1) is 11.3 Å². The second kappa shape index (κ2) is 5.89. The summed E-state index contributed by atoms with van der Waals surface area (Å²) in [4.78, 5) is 25.5. The Morgan fingerprint density at radius 1 is 1.09 bits per heavy atom. The van der Waals surface area contributed by atoms with E-state index in [1.807, 2.05) is 41.8 Å². The van der Waals surface area contributed by atoms with Crippen molar-refractivity contribution in [3.05, 3.63) is 69.6 Å². The monoisotopic (exact) mass is 312 g/mol. The summed E-state index contributed by atoms with van der Waals surface area (Å²) in [7, 11) is 0. The molecule has 2 atom stereocenters. The fourth-order valence-electron chi connectivity index (χ4n) is 2.92. The van der Waals surface area contributed by atoms with Gasteiger partial charge in [-0.1, -0.05) is 36.4 Å². The second-order valence-electron chi connectivity index (χ2n) is 5.29. The maximum atomic E-state index is 12.8. The molecule has 3 nitrogen and oxygen atoms in total. The molecule has 0 unspecified atom stereocenters. The highest BCUT2D eigenvalue weighted by Gasteiger charge is 2.42. The van der Waals surface area contributed by atoms with Crippen molar-refractivity contribution in [1.29, 1.82) is 0 Å². The topological polar surface area (TPSA) is 43.4 Å². The predicted octanol–water partition coefficient (Wildman–Crippen LogP) is 3.98. The first kappa shape index (κ1) is 14.7. The van der Waals surface area contributed by atoms with Gasteiger partial charge in [-0.3, -0.25) is 9.59 Å². The summed E-state index contributed by atoms with van der Waals surface area (Å²) in [6.07, 6.45) is -0.667. The van der Waals surface area contributed by atoms with E-state index >= 15 is 0 Å². The lowest BCUT2D eigenvalue weighted by molar-refractivity contribution is -0.113. The Bertz CT molecular complexity index is 729. The van der Waals surface area contributed by atoms with E-state index < -0.39 is 6.10 Å². The Labute approximate surface area is 133 Å². The number of allylic oxidation sites excluding steroid dienone is 1. The molecule has 0 aliphatic carbocycles. The van der Waals surface area contributed by atoms with Crippen LogP contribution in [0.15, 0.2) is 59.2 Å². The van der Waals surface area contributed by atoms with Crippen LogP contribution in [0.4, 0.5) is 0 Å². The van der Waals surface area contributed by atoms with E-state index in [4.69, 9.17) is 4.74 Å². The van der Waals surface area contributed by atoms with Crippen LogP contribution in [0.25, 0.3) is 0 Å². The SMILES string of the molecule is CC(=O)C1=C(C)O[C@H](C(=O)c2cccs2)[C@@H]1c1ccccc1. The Kier molecular flexibility index (Phi) is 3.94. The van der Waals surface area contributed by atoms with Crippen LogP contribution >= 0.6 is 11.3 Å². The average molecular weight is 312 g/mol.